The lowest BCUT2D eigenvalue weighted by atomic mass is 10.1. The summed E-state index contributed by atoms with van der Waals surface area (Å²) < 4.78 is 5.76. The van der Waals surface area contributed by atoms with Gasteiger partial charge in [-0.1, -0.05) is 12.1 Å². The highest BCUT2D eigenvalue weighted by Crippen LogP contribution is 2.20. The summed E-state index contributed by atoms with van der Waals surface area (Å²) in [4.78, 5) is 4.27. The molecule has 0 radical (unpaired) electrons. The van der Waals surface area contributed by atoms with Crippen LogP contribution < -0.4 is 10.5 Å². The number of amidine groups is 1. The zero-order valence-electron chi connectivity index (χ0n) is 10.7. The van der Waals surface area contributed by atoms with E-state index in [-0.39, 0.29) is 11.4 Å². The fourth-order valence-corrected chi connectivity index (χ4v) is 1.25. The Kier molecular flexibility index (Phi) is 3.93. The largest absolute Gasteiger partial charge is 0.472 e. The number of ether oxygens (including phenoxy) is 1. The average Bonchev–Trinajstić information content (AvgIpc) is 2.26. The first kappa shape index (κ1) is 13.3. The normalized spacial score (nSPS) is 12.6. The highest BCUT2D eigenvalue weighted by atomic mass is 16.5. The molecule has 0 amide bonds. The molecule has 1 aromatic rings. The van der Waals surface area contributed by atoms with Gasteiger partial charge in [-0.2, -0.15) is 0 Å². The number of nitrogens with zero attached hydrogens (tertiary/aromatic N) is 2. The summed E-state index contributed by atoms with van der Waals surface area (Å²) in [6.45, 7) is 7.85. The van der Waals surface area contributed by atoms with Crippen LogP contribution in [0, 0.1) is 6.92 Å². The molecule has 0 fully saturated rings. The van der Waals surface area contributed by atoms with Crippen LogP contribution in [-0.4, -0.2) is 21.6 Å². The highest BCUT2D eigenvalue weighted by molar-refractivity contribution is 5.97. The monoisotopic (exact) mass is 237 g/mol. The predicted octanol–water partition coefficient (Wildman–Crippen LogP) is 2.05. The van der Waals surface area contributed by atoms with Gasteiger partial charge >= 0.3 is 0 Å². The molecule has 0 aromatic carbocycles. The smallest absolute Gasteiger partial charge is 0.214 e. The van der Waals surface area contributed by atoms with Crippen molar-refractivity contribution in [2.45, 2.75) is 39.7 Å². The van der Waals surface area contributed by atoms with Crippen LogP contribution in [0.15, 0.2) is 17.3 Å². The van der Waals surface area contributed by atoms with Crippen molar-refractivity contribution < 1.29 is 9.94 Å². The third-order valence-corrected chi connectivity index (χ3v) is 2.57. The van der Waals surface area contributed by atoms with E-state index in [1.807, 2.05) is 27.7 Å². The van der Waals surface area contributed by atoms with Gasteiger partial charge in [-0.3, -0.25) is 0 Å². The Hall–Kier alpha value is -1.78. The molecule has 5 nitrogen and oxygen atoms in total. The lowest BCUT2D eigenvalue weighted by molar-refractivity contribution is 0.0988. The van der Waals surface area contributed by atoms with Crippen molar-refractivity contribution in [2.75, 3.05) is 0 Å². The molecule has 1 aromatic heterocycles. The van der Waals surface area contributed by atoms with E-state index in [1.54, 1.807) is 12.1 Å². The fraction of sp³-hybridized carbons (Fsp3) is 0.500. The molecule has 0 spiro atoms. The van der Waals surface area contributed by atoms with Crippen LogP contribution in [0.5, 0.6) is 5.88 Å². The van der Waals surface area contributed by atoms with Crippen molar-refractivity contribution in [1.82, 2.24) is 4.98 Å². The molecule has 0 bridgehead atoms. The average molecular weight is 237 g/mol. The third-order valence-electron chi connectivity index (χ3n) is 2.57. The maximum Gasteiger partial charge on any atom is 0.214 e. The van der Waals surface area contributed by atoms with Gasteiger partial charge < -0.3 is 15.7 Å². The molecule has 0 atom stereocenters. The van der Waals surface area contributed by atoms with Crippen LogP contribution in [0.2, 0.25) is 0 Å². The van der Waals surface area contributed by atoms with Crippen molar-refractivity contribution in [1.29, 1.82) is 0 Å². The zero-order chi connectivity index (χ0) is 13.1. The molecule has 0 saturated carbocycles. The summed E-state index contributed by atoms with van der Waals surface area (Å²) in [5.74, 6) is 0.535. The Morgan fingerprint density at radius 2 is 2.18 bits per heavy atom. The van der Waals surface area contributed by atoms with Crippen molar-refractivity contribution in [3.63, 3.8) is 0 Å². The van der Waals surface area contributed by atoms with Crippen LogP contribution >= 0.6 is 0 Å². The van der Waals surface area contributed by atoms with E-state index in [9.17, 15) is 0 Å². The topological polar surface area (TPSA) is 80.7 Å². The van der Waals surface area contributed by atoms with Gasteiger partial charge in [-0.15, -0.1) is 0 Å². The number of oxime groups is 1. The zero-order valence-corrected chi connectivity index (χ0v) is 10.7. The number of rotatable bonds is 4. The Morgan fingerprint density at radius 1 is 1.53 bits per heavy atom. The van der Waals surface area contributed by atoms with Gasteiger partial charge in [0.25, 0.3) is 0 Å². The molecule has 1 heterocycles. The van der Waals surface area contributed by atoms with Crippen molar-refractivity contribution in [3.05, 3.63) is 23.4 Å². The quantitative estimate of drug-likeness (QED) is 0.363. The van der Waals surface area contributed by atoms with Crippen LogP contribution in [-0.2, 0) is 0 Å². The molecule has 0 aliphatic carbocycles. The molecule has 94 valence electrons. The maximum absolute atomic E-state index is 8.65. The maximum atomic E-state index is 8.65. The van der Waals surface area contributed by atoms with Gasteiger partial charge in [0, 0.05) is 17.3 Å². The molecule has 1 rings (SSSR count). The van der Waals surface area contributed by atoms with E-state index in [2.05, 4.69) is 10.1 Å². The van der Waals surface area contributed by atoms with Crippen LogP contribution in [0.3, 0.4) is 0 Å². The minimum atomic E-state index is -0.289. The Bertz CT molecular complexity index is 428. The Labute approximate surface area is 101 Å². The highest BCUT2D eigenvalue weighted by Gasteiger charge is 2.18. The van der Waals surface area contributed by atoms with Gasteiger partial charge in [0.05, 0.1) is 0 Å². The Balaban J connectivity index is 3.06. The molecule has 5 heteroatoms. The molecular weight excluding hydrogens is 218 g/mol. The second-order valence-electron chi connectivity index (χ2n) is 4.54. The van der Waals surface area contributed by atoms with Crippen LogP contribution in [0.4, 0.5) is 0 Å². The van der Waals surface area contributed by atoms with E-state index in [0.29, 0.717) is 11.4 Å². The Morgan fingerprint density at radius 3 is 2.71 bits per heavy atom. The van der Waals surface area contributed by atoms with E-state index >= 15 is 0 Å². The molecular formula is C12H19N3O2. The summed E-state index contributed by atoms with van der Waals surface area (Å²) in [7, 11) is 0. The van der Waals surface area contributed by atoms with Crippen molar-refractivity contribution in [2.24, 2.45) is 10.9 Å². The first-order chi connectivity index (χ1) is 7.88. The minimum Gasteiger partial charge on any atom is -0.472 e. The molecule has 3 N–H and O–H groups in total. The number of hydrogen-bond acceptors (Lipinski definition) is 4. The summed E-state index contributed by atoms with van der Waals surface area (Å²) >= 11 is 0. The fourth-order valence-electron chi connectivity index (χ4n) is 1.25. The lowest BCUT2D eigenvalue weighted by Gasteiger charge is -2.24. The van der Waals surface area contributed by atoms with E-state index in [0.717, 1.165) is 12.1 Å². The summed E-state index contributed by atoms with van der Waals surface area (Å²) in [5.41, 5.74) is 6.62. The first-order valence-corrected chi connectivity index (χ1v) is 5.53. The molecule has 17 heavy (non-hydrogen) atoms. The van der Waals surface area contributed by atoms with Crippen molar-refractivity contribution in [3.8, 4) is 5.88 Å². The van der Waals surface area contributed by atoms with Crippen molar-refractivity contribution >= 4 is 5.84 Å². The second kappa shape index (κ2) is 5.03. The van der Waals surface area contributed by atoms with Gasteiger partial charge in [0.15, 0.2) is 5.84 Å². The lowest BCUT2D eigenvalue weighted by Crippen LogP contribution is -2.27. The van der Waals surface area contributed by atoms with Gasteiger partial charge in [-0.25, -0.2) is 4.98 Å². The predicted molar refractivity (Wildman–Crippen MR) is 66.5 cm³/mol. The standard InChI is InChI=1S/C12H19N3O2/c1-5-12(3,4)17-10-7-9(11(13)15-16)6-8(2)14-10/h6-7,16H,5H2,1-4H3,(H2,13,15). The summed E-state index contributed by atoms with van der Waals surface area (Å²) in [6, 6.07) is 3.40. The van der Waals surface area contributed by atoms with Crippen LogP contribution in [0.1, 0.15) is 38.4 Å². The molecule has 0 aliphatic rings. The number of pyridine rings is 1. The number of nitrogens with two attached hydrogens (primary N) is 1. The summed E-state index contributed by atoms with van der Waals surface area (Å²) in [5, 5.41) is 11.6. The van der Waals surface area contributed by atoms with Crippen LogP contribution in [0.25, 0.3) is 0 Å². The molecule has 0 saturated heterocycles. The number of aryl methyl sites for hydroxylation is 1. The van der Waals surface area contributed by atoms with E-state index < -0.39 is 0 Å². The third kappa shape index (κ3) is 3.62. The molecule has 0 unspecified atom stereocenters. The molecule has 0 aliphatic heterocycles. The van der Waals surface area contributed by atoms with Gasteiger partial charge in [0.2, 0.25) is 5.88 Å². The summed E-state index contributed by atoms with van der Waals surface area (Å²) in [6.07, 6.45) is 0.863. The van der Waals surface area contributed by atoms with Gasteiger partial charge in [-0.05, 0) is 33.3 Å². The minimum absolute atomic E-state index is 0.0506. The number of aromatic nitrogens is 1. The van der Waals surface area contributed by atoms with Gasteiger partial charge in [0.1, 0.15) is 5.60 Å². The second-order valence-corrected chi connectivity index (χ2v) is 4.54. The van der Waals surface area contributed by atoms with E-state index in [1.165, 1.54) is 0 Å². The SMILES string of the molecule is CCC(C)(C)Oc1cc(/C(N)=N/O)cc(C)n1. The van der Waals surface area contributed by atoms with E-state index in [4.69, 9.17) is 15.7 Å². The first-order valence-electron chi connectivity index (χ1n) is 5.53. The number of hydrogen-bond donors (Lipinski definition) is 2.